The first kappa shape index (κ1) is 14.6. The maximum absolute atomic E-state index is 12.6. The summed E-state index contributed by atoms with van der Waals surface area (Å²) in [6.45, 7) is 1.89. The van der Waals surface area contributed by atoms with E-state index >= 15 is 0 Å². The first-order valence-corrected chi connectivity index (χ1v) is 8.77. The van der Waals surface area contributed by atoms with Gasteiger partial charge in [-0.2, -0.15) is 0 Å². The monoisotopic (exact) mass is 329 g/mol. The molecular weight excluding hydrogens is 310 g/mol. The van der Waals surface area contributed by atoms with E-state index in [1.54, 1.807) is 11.3 Å². The summed E-state index contributed by atoms with van der Waals surface area (Å²) < 4.78 is 11.2. The van der Waals surface area contributed by atoms with Crippen LogP contribution in [0, 0.1) is 5.92 Å². The molecule has 1 fully saturated rings. The second-order valence-corrected chi connectivity index (χ2v) is 7.16. The predicted octanol–water partition coefficient (Wildman–Crippen LogP) is 3.28. The van der Waals surface area contributed by atoms with Crippen molar-refractivity contribution in [3.63, 3.8) is 0 Å². The van der Waals surface area contributed by atoms with Crippen molar-refractivity contribution in [2.75, 3.05) is 20.3 Å². The van der Waals surface area contributed by atoms with Crippen molar-refractivity contribution in [3.8, 4) is 11.5 Å². The molecule has 23 heavy (non-hydrogen) atoms. The van der Waals surface area contributed by atoms with Gasteiger partial charge in [-0.15, -0.1) is 11.3 Å². The number of rotatable bonds is 4. The van der Waals surface area contributed by atoms with Crippen LogP contribution in [0.3, 0.4) is 0 Å². The topological polar surface area (TPSA) is 38.8 Å². The Morgan fingerprint density at radius 2 is 2.09 bits per heavy atom. The third-order valence-corrected chi connectivity index (χ3v) is 5.31. The van der Waals surface area contributed by atoms with Crippen LogP contribution >= 0.6 is 11.3 Å². The minimum Gasteiger partial charge on any atom is -0.486 e. The van der Waals surface area contributed by atoms with Gasteiger partial charge in [0.2, 0.25) is 5.91 Å². The standard InChI is InChI=1S/C18H19NO3S/c1-19(11-13-3-2-8-23-13)18(20)15-10-14(15)12-4-5-16-17(9-12)22-7-6-21-16/h2-5,8-9,14-15H,6-7,10-11H2,1H3/t14-,15+/m1/s1. The summed E-state index contributed by atoms with van der Waals surface area (Å²) in [4.78, 5) is 15.6. The zero-order valence-electron chi connectivity index (χ0n) is 13.0. The number of hydrogen-bond acceptors (Lipinski definition) is 4. The molecule has 1 aliphatic carbocycles. The average molecular weight is 329 g/mol. The molecule has 0 bridgehead atoms. The number of amides is 1. The van der Waals surface area contributed by atoms with Crippen LogP contribution in [0.2, 0.25) is 0 Å². The van der Waals surface area contributed by atoms with Crippen LogP contribution < -0.4 is 9.47 Å². The van der Waals surface area contributed by atoms with Gasteiger partial charge in [-0.3, -0.25) is 4.79 Å². The maximum atomic E-state index is 12.6. The van der Waals surface area contributed by atoms with Crippen molar-refractivity contribution in [1.29, 1.82) is 0 Å². The number of ether oxygens (including phenoxy) is 2. The molecule has 0 saturated heterocycles. The molecule has 2 atom stereocenters. The van der Waals surface area contributed by atoms with Crippen molar-refractivity contribution < 1.29 is 14.3 Å². The van der Waals surface area contributed by atoms with E-state index in [9.17, 15) is 4.79 Å². The van der Waals surface area contributed by atoms with Gasteiger partial charge < -0.3 is 14.4 Å². The Hall–Kier alpha value is -2.01. The van der Waals surface area contributed by atoms with Crippen LogP contribution in [-0.2, 0) is 11.3 Å². The Labute approximate surface area is 139 Å². The number of carbonyl (C=O) groups excluding carboxylic acids is 1. The smallest absolute Gasteiger partial charge is 0.226 e. The zero-order chi connectivity index (χ0) is 15.8. The Balaban J connectivity index is 1.42. The fourth-order valence-corrected chi connectivity index (χ4v) is 3.88. The number of benzene rings is 1. The third kappa shape index (κ3) is 2.93. The largest absolute Gasteiger partial charge is 0.486 e. The van der Waals surface area contributed by atoms with E-state index in [1.807, 2.05) is 35.5 Å². The highest BCUT2D eigenvalue weighted by Crippen LogP contribution is 2.50. The van der Waals surface area contributed by atoms with E-state index in [4.69, 9.17) is 9.47 Å². The molecule has 1 saturated carbocycles. The van der Waals surface area contributed by atoms with E-state index in [0.717, 1.165) is 17.9 Å². The van der Waals surface area contributed by atoms with E-state index < -0.39 is 0 Å². The number of carbonyl (C=O) groups is 1. The Morgan fingerprint density at radius 1 is 1.26 bits per heavy atom. The molecule has 2 heterocycles. The van der Waals surface area contributed by atoms with Gasteiger partial charge in [0.15, 0.2) is 11.5 Å². The first-order chi connectivity index (χ1) is 11.2. The van der Waals surface area contributed by atoms with Crippen LogP contribution in [-0.4, -0.2) is 31.1 Å². The number of hydrogen-bond donors (Lipinski definition) is 0. The van der Waals surface area contributed by atoms with Crippen molar-refractivity contribution in [2.24, 2.45) is 5.92 Å². The summed E-state index contributed by atoms with van der Waals surface area (Å²) in [5.41, 5.74) is 1.18. The van der Waals surface area contributed by atoms with E-state index in [0.29, 0.717) is 25.7 Å². The summed E-state index contributed by atoms with van der Waals surface area (Å²) in [7, 11) is 1.89. The Morgan fingerprint density at radius 3 is 2.87 bits per heavy atom. The molecule has 120 valence electrons. The summed E-state index contributed by atoms with van der Waals surface area (Å²) in [6, 6.07) is 10.1. The quantitative estimate of drug-likeness (QED) is 0.864. The van der Waals surface area contributed by atoms with Crippen LogP contribution in [0.1, 0.15) is 22.8 Å². The fraction of sp³-hybridized carbons (Fsp3) is 0.389. The Bertz CT molecular complexity index is 713. The second-order valence-electron chi connectivity index (χ2n) is 6.13. The number of thiophene rings is 1. The van der Waals surface area contributed by atoms with Gasteiger partial charge in [-0.05, 0) is 41.5 Å². The van der Waals surface area contributed by atoms with Crippen molar-refractivity contribution in [1.82, 2.24) is 4.90 Å². The molecule has 2 aliphatic rings. The van der Waals surface area contributed by atoms with Gasteiger partial charge >= 0.3 is 0 Å². The summed E-state index contributed by atoms with van der Waals surface area (Å²) in [5.74, 6) is 2.25. The molecule has 1 aromatic heterocycles. The van der Waals surface area contributed by atoms with Crippen molar-refractivity contribution in [3.05, 3.63) is 46.2 Å². The van der Waals surface area contributed by atoms with Crippen molar-refractivity contribution in [2.45, 2.75) is 18.9 Å². The van der Waals surface area contributed by atoms with Crippen LogP contribution in [0.5, 0.6) is 11.5 Å². The molecule has 4 rings (SSSR count). The summed E-state index contributed by atoms with van der Waals surface area (Å²) in [5, 5.41) is 2.04. The highest BCUT2D eigenvalue weighted by molar-refractivity contribution is 7.09. The minimum absolute atomic E-state index is 0.0996. The van der Waals surface area contributed by atoms with Crippen LogP contribution in [0.15, 0.2) is 35.7 Å². The van der Waals surface area contributed by atoms with E-state index in [1.165, 1.54) is 10.4 Å². The SMILES string of the molecule is CN(Cc1cccs1)C(=O)[C@H]1C[C@@H]1c1ccc2c(c1)OCCO2. The number of fused-ring (bicyclic) bond motifs is 1. The molecule has 5 heteroatoms. The van der Waals surface area contributed by atoms with Crippen LogP contribution in [0.25, 0.3) is 0 Å². The molecular formula is C18H19NO3S. The van der Waals surface area contributed by atoms with Crippen molar-refractivity contribution >= 4 is 17.2 Å². The third-order valence-electron chi connectivity index (χ3n) is 4.45. The second kappa shape index (κ2) is 5.89. The molecule has 2 aromatic rings. The Kier molecular flexibility index (Phi) is 3.73. The lowest BCUT2D eigenvalue weighted by atomic mass is 10.1. The minimum atomic E-state index is 0.0996. The van der Waals surface area contributed by atoms with Crippen LogP contribution in [0.4, 0.5) is 0 Å². The van der Waals surface area contributed by atoms with Gasteiger partial charge in [0, 0.05) is 17.8 Å². The van der Waals surface area contributed by atoms with E-state index in [-0.39, 0.29) is 11.8 Å². The zero-order valence-corrected chi connectivity index (χ0v) is 13.8. The predicted molar refractivity (Wildman–Crippen MR) is 89.1 cm³/mol. The summed E-state index contributed by atoms with van der Waals surface area (Å²) in [6.07, 6.45) is 0.924. The number of nitrogens with zero attached hydrogens (tertiary/aromatic N) is 1. The lowest BCUT2D eigenvalue weighted by Crippen LogP contribution is -2.27. The molecule has 0 radical (unpaired) electrons. The highest BCUT2D eigenvalue weighted by atomic mass is 32.1. The van der Waals surface area contributed by atoms with Gasteiger partial charge in [0.25, 0.3) is 0 Å². The summed E-state index contributed by atoms with van der Waals surface area (Å²) >= 11 is 1.69. The van der Waals surface area contributed by atoms with Gasteiger partial charge in [0.05, 0.1) is 6.54 Å². The van der Waals surface area contributed by atoms with Gasteiger partial charge in [-0.25, -0.2) is 0 Å². The van der Waals surface area contributed by atoms with Gasteiger partial charge in [0.1, 0.15) is 13.2 Å². The highest BCUT2D eigenvalue weighted by Gasteiger charge is 2.45. The molecule has 4 nitrogen and oxygen atoms in total. The lowest BCUT2D eigenvalue weighted by molar-refractivity contribution is -0.131. The molecule has 1 aromatic carbocycles. The average Bonchev–Trinajstić information content (AvgIpc) is 3.22. The molecule has 0 N–H and O–H groups in total. The molecule has 0 unspecified atom stereocenters. The first-order valence-electron chi connectivity index (χ1n) is 7.89. The van der Waals surface area contributed by atoms with Gasteiger partial charge in [-0.1, -0.05) is 12.1 Å². The normalized spacial score (nSPS) is 21.8. The van der Waals surface area contributed by atoms with E-state index in [2.05, 4.69) is 12.1 Å². The molecule has 1 aliphatic heterocycles. The molecule has 0 spiro atoms. The lowest BCUT2D eigenvalue weighted by Gasteiger charge is -2.19. The fourth-order valence-electron chi connectivity index (χ4n) is 3.12. The maximum Gasteiger partial charge on any atom is 0.226 e. The molecule has 1 amide bonds.